The van der Waals surface area contributed by atoms with E-state index in [4.69, 9.17) is 0 Å². The molecule has 7 heteroatoms. The van der Waals surface area contributed by atoms with E-state index in [1.54, 1.807) is 0 Å². The van der Waals surface area contributed by atoms with E-state index in [9.17, 15) is 28.2 Å². The number of Topliss-reactive ketones (excluding diaryl/α,β-unsaturated/α-hetero) is 1. The third-order valence-corrected chi connectivity index (χ3v) is 13.3. The third kappa shape index (κ3) is 3.75. The quantitative estimate of drug-likeness (QED) is 0.297. The van der Waals surface area contributed by atoms with Crippen molar-refractivity contribution >= 4 is 5.78 Å². The van der Waals surface area contributed by atoms with Gasteiger partial charge in [-0.2, -0.15) is 13.2 Å². The summed E-state index contributed by atoms with van der Waals surface area (Å²) in [5, 5.41) is 23.3. The molecule has 6 aliphatic carbocycles. The van der Waals surface area contributed by atoms with Gasteiger partial charge in [-0.25, -0.2) is 0 Å². The van der Waals surface area contributed by atoms with Gasteiger partial charge < -0.3 is 15.1 Å². The number of halogens is 3. The van der Waals surface area contributed by atoms with Gasteiger partial charge in [0.15, 0.2) is 5.78 Å². The Morgan fingerprint density at radius 3 is 2.40 bits per heavy atom. The Labute approximate surface area is 247 Å². The van der Waals surface area contributed by atoms with E-state index in [-0.39, 0.29) is 28.6 Å². The van der Waals surface area contributed by atoms with Gasteiger partial charge in [-0.3, -0.25) is 4.79 Å². The summed E-state index contributed by atoms with van der Waals surface area (Å²) in [5.74, 6) is -0.224. The van der Waals surface area contributed by atoms with E-state index in [1.165, 1.54) is 18.6 Å². The molecule has 2 bridgehead atoms. The maximum atomic E-state index is 14.5. The van der Waals surface area contributed by atoms with Crippen LogP contribution in [0.1, 0.15) is 94.0 Å². The monoisotopic (exact) mass is 583 g/mol. The smallest absolute Gasteiger partial charge is 0.393 e. The highest BCUT2D eigenvalue weighted by molar-refractivity contribution is 6.10. The number of ketones is 1. The number of aliphatic hydroxyl groups excluding tert-OH is 1. The Hall–Kier alpha value is -1.96. The number of likely N-dealkylation sites (tertiary alicyclic amines) is 1. The topological polar surface area (TPSA) is 60.8 Å². The predicted molar refractivity (Wildman–Crippen MR) is 155 cm³/mol. The zero-order valence-corrected chi connectivity index (χ0v) is 24.8. The molecule has 0 radical (unpaired) electrons. The molecule has 1 aromatic carbocycles. The van der Waals surface area contributed by atoms with Crippen LogP contribution < -0.4 is 0 Å². The molecule has 0 amide bonds. The molecule has 1 aromatic rings. The minimum atomic E-state index is -4.54. The fraction of sp³-hybridized carbons (Fsp3) is 0.686. The lowest BCUT2D eigenvalue weighted by atomic mass is 9.32. The molecule has 228 valence electrons. The average molecular weight is 584 g/mol. The van der Waals surface area contributed by atoms with Crippen molar-refractivity contribution in [2.45, 2.75) is 95.9 Å². The Balaban J connectivity index is 1.36. The van der Waals surface area contributed by atoms with Crippen molar-refractivity contribution in [1.29, 1.82) is 0 Å². The molecule has 42 heavy (non-hydrogen) atoms. The van der Waals surface area contributed by atoms with E-state index in [2.05, 4.69) is 37.0 Å². The van der Waals surface area contributed by atoms with Crippen molar-refractivity contribution in [1.82, 2.24) is 4.90 Å². The zero-order chi connectivity index (χ0) is 29.8. The van der Waals surface area contributed by atoms with Crippen LogP contribution >= 0.6 is 0 Å². The largest absolute Gasteiger partial charge is 0.416 e. The number of aliphatic hydroxyl groups is 2. The van der Waals surface area contributed by atoms with Crippen molar-refractivity contribution in [2.75, 3.05) is 19.6 Å². The van der Waals surface area contributed by atoms with Gasteiger partial charge in [0.2, 0.25) is 0 Å². The molecule has 4 fully saturated rings. The highest BCUT2D eigenvalue weighted by atomic mass is 19.4. The van der Waals surface area contributed by atoms with Crippen LogP contribution in [0.3, 0.4) is 0 Å². The molecule has 1 aliphatic heterocycles. The lowest BCUT2D eigenvalue weighted by Crippen LogP contribution is -2.67. The normalized spacial score (nSPS) is 44.7. The maximum absolute atomic E-state index is 14.5. The van der Waals surface area contributed by atoms with Gasteiger partial charge in [-0.15, -0.1) is 0 Å². The molecular formula is C35H44F3NO3. The molecule has 2 spiro atoms. The summed E-state index contributed by atoms with van der Waals surface area (Å²) >= 11 is 0. The van der Waals surface area contributed by atoms with Crippen LogP contribution in [0.15, 0.2) is 48.1 Å². The summed E-state index contributed by atoms with van der Waals surface area (Å²) in [6.07, 6.45) is 10.3. The van der Waals surface area contributed by atoms with Gasteiger partial charge in [0, 0.05) is 33.9 Å². The number of benzene rings is 1. The van der Waals surface area contributed by atoms with Crippen LogP contribution in [0.5, 0.6) is 0 Å². The number of hydrogen-bond donors (Lipinski definition) is 2. The van der Waals surface area contributed by atoms with Gasteiger partial charge in [0.1, 0.15) is 0 Å². The maximum Gasteiger partial charge on any atom is 0.416 e. The first kappa shape index (κ1) is 28.8. The van der Waals surface area contributed by atoms with Crippen molar-refractivity contribution in [3.63, 3.8) is 0 Å². The van der Waals surface area contributed by atoms with E-state index < -0.39 is 39.7 Å². The second kappa shape index (κ2) is 9.28. The summed E-state index contributed by atoms with van der Waals surface area (Å²) in [4.78, 5) is 17.0. The highest BCUT2D eigenvalue weighted by Crippen LogP contribution is 2.78. The molecule has 4 nitrogen and oxygen atoms in total. The predicted octanol–water partition coefficient (Wildman–Crippen LogP) is 6.97. The van der Waals surface area contributed by atoms with Crippen LogP contribution in [0.2, 0.25) is 0 Å². The van der Waals surface area contributed by atoms with E-state index >= 15 is 0 Å². The summed E-state index contributed by atoms with van der Waals surface area (Å²) in [5.41, 5.74) is -2.83. The van der Waals surface area contributed by atoms with E-state index in [1.807, 2.05) is 0 Å². The summed E-state index contributed by atoms with van der Waals surface area (Å²) in [6, 6.07) is 4.85. The van der Waals surface area contributed by atoms with Crippen molar-refractivity contribution in [3.8, 4) is 0 Å². The lowest BCUT2D eigenvalue weighted by molar-refractivity contribution is -0.176. The Morgan fingerprint density at radius 2 is 1.67 bits per heavy atom. The first-order chi connectivity index (χ1) is 19.8. The second-order valence-corrected chi connectivity index (χ2v) is 15.1. The minimum Gasteiger partial charge on any atom is -0.393 e. The first-order valence-electron chi connectivity index (χ1n) is 16.1. The SMILES string of the molecule is CC12CCC(O)CC13C=CC1(C(C(=O)c4cccc(C(F)(F)F)c4)=C3)C2CCC2(C)C1CCC2(O)CN1CCCCC1. The fourth-order valence-electron chi connectivity index (χ4n) is 11.1. The standard InChI is InChI=1S/C35H44F3NO3/c1-30-12-9-25(40)20-32(30)15-16-34(26(21-32)29(41)23-7-6-8-24(19-23)35(36,37)38)27(30)10-13-31(2)28(34)11-14-33(31,42)22-39-17-4-3-5-18-39/h6-8,15-16,19,21,25,27-28,40,42H,3-5,9-14,17-18,20,22H2,1-2H3. The van der Waals surface area contributed by atoms with Gasteiger partial charge in [-0.1, -0.05) is 50.6 Å². The average Bonchev–Trinajstić information content (AvgIpc) is 3.22. The van der Waals surface area contributed by atoms with Gasteiger partial charge >= 0.3 is 6.18 Å². The first-order valence-corrected chi connectivity index (χ1v) is 16.1. The molecule has 7 aliphatic rings. The summed E-state index contributed by atoms with van der Waals surface area (Å²) in [7, 11) is 0. The molecule has 1 heterocycles. The number of nitrogens with zero attached hydrogens (tertiary/aromatic N) is 1. The van der Waals surface area contributed by atoms with Crippen LogP contribution in [-0.2, 0) is 6.18 Å². The lowest BCUT2D eigenvalue weighted by Gasteiger charge is -2.71. The Kier molecular flexibility index (Phi) is 6.36. The van der Waals surface area contributed by atoms with Crippen LogP contribution in [0, 0.1) is 33.5 Å². The molecule has 8 rings (SSSR count). The molecule has 0 aromatic heterocycles. The highest BCUT2D eigenvalue weighted by Gasteiger charge is 2.74. The second-order valence-electron chi connectivity index (χ2n) is 15.1. The number of piperidine rings is 1. The van der Waals surface area contributed by atoms with Gasteiger partial charge in [0.25, 0.3) is 0 Å². The number of carbonyl (C=O) groups excluding carboxylic acids is 1. The molecule has 1 saturated heterocycles. The number of hydrogen-bond acceptors (Lipinski definition) is 4. The van der Waals surface area contributed by atoms with E-state index in [0.717, 1.165) is 63.7 Å². The molecule has 8 atom stereocenters. The molecule has 3 saturated carbocycles. The fourth-order valence-corrected chi connectivity index (χ4v) is 11.1. The van der Waals surface area contributed by atoms with Crippen LogP contribution in [0.25, 0.3) is 0 Å². The van der Waals surface area contributed by atoms with Crippen LogP contribution in [0.4, 0.5) is 13.2 Å². The number of allylic oxidation sites excluding steroid dienone is 4. The number of alkyl halides is 3. The Bertz CT molecular complexity index is 1350. The summed E-state index contributed by atoms with van der Waals surface area (Å²) < 4.78 is 41.1. The number of β-amino-alcohol motifs (C(OH)–C–C–N with tert-alkyl or cyclic N) is 1. The molecule has 2 N–H and O–H groups in total. The van der Waals surface area contributed by atoms with E-state index in [0.29, 0.717) is 31.4 Å². The molecular weight excluding hydrogens is 539 g/mol. The number of rotatable bonds is 4. The van der Waals surface area contributed by atoms with Gasteiger partial charge in [-0.05, 0) is 100 Å². The Morgan fingerprint density at radius 1 is 0.976 bits per heavy atom. The van der Waals surface area contributed by atoms with Crippen LogP contribution in [-0.4, -0.2) is 52.2 Å². The molecule has 8 unspecified atom stereocenters. The van der Waals surface area contributed by atoms with Crippen molar-refractivity contribution < 1.29 is 28.2 Å². The summed E-state index contributed by atoms with van der Waals surface area (Å²) in [6.45, 7) is 7.18. The minimum absolute atomic E-state index is 0.00207. The zero-order valence-electron chi connectivity index (χ0n) is 24.8. The number of fused-ring (bicyclic) bond motifs is 1. The third-order valence-electron chi connectivity index (χ3n) is 13.3. The number of carbonyl (C=O) groups is 1. The van der Waals surface area contributed by atoms with Gasteiger partial charge in [0.05, 0.1) is 17.3 Å². The van der Waals surface area contributed by atoms with Crippen molar-refractivity contribution in [2.24, 2.45) is 33.5 Å². The van der Waals surface area contributed by atoms with Crippen molar-refractivity contribution in [3.05, 3.63) is 59.2 Å².